The van der Waals surface area contributed by atoms with Gasteiger partial charge in [-0.05, 0) is 53.4 Å². The predicted molar refractivity (Wildman–Crippen MR) is 215 cm³/mol. The van der Waals surface area contributed by atoms with Crippen LogP contribution in [0, 0.1) is 0 Å². The SMILES string of the molecule is NC(=N/C(=C\Cc1ccccc1)c1ccccc1)n1c2ccc(N)c(-c3ccccc3)c2c2cccc(-n3c4ccccc4c4ccccc43)c21. The number of hydrogen-bond donors (Lipinski definition) is 2. The Morgan fingerprint density at radius 2 is 1.16 bits per heavy atom. The Labute approximate surface area is 296 Å². The topological polar surface area (TPSA) is 74.3 Å². The van der Waals surface area contributed by atoms with Crippen LogP contribution < -0.4 is 11.5 Å². The van der Waals surface area contributed by atoms with E-state index in [1.54, 1.807) is 0 Å². The van der Waals surface area contributed by atoms with Crippen molar-refractivity contribution in [1.82, 2.24) is 9.13 Å². The first-order valence-electron chi connectivity index (χ1n) is 17.2. The summed E-state index contributed by atoms with van der Waals surface area (Å²) < 4.78 is 4.47. The molecule has 0 aliphatic heterocycles. The van der Waals surface area contributed by atoms with Crippen LogP contribution in [0.2, 0.25) is 0 Å². The van der Waals surface area contributed by atoms with Gasteiger partial charge in [0.25, 0.3) is 0 Å². The van der Waals surface area contributed by atoms with Gasteiger partial charge >= 0.3 is 0 Å². The number of fused-ring (bicyclic) bond motifs is 6. The molecule has 0 bridgehead atoms. The van der Waals surface area contributed by atoms with Gasteiger partial charge in [0.1, 0.15) is 0 Å². The number of hydrogen-bond acceptors (Lipinski definition) is 2. The lowest BCUT2D eigenvalue weighted by Gasteiger charge is -2.14. The molecule has 0 aliphatic carbocycles. The number of nitrogens with two attached hydrogens (primary N) is 2. The lowest BCUT2D eigenvalue weighted by molar-refractivity contribution is 1.15. The van der Waals surface area contributed by atoms with E-state index in [2.05, 4.69) is 149 Å². The molecule has 0 atom stereocenters. The first-order chi connectivity index (χ1) is 25.2. The molecule has 9 aromatic rings. The van der Waals surface area contributed by atoms with E-state index >= 15 is 0 Å². The van der Waals surface area contributed by atoms with Crippen LogP contribution in [-0.4, -0.2) is 15.1 Å². The van der Waals surface area contributed by atoms with E-state index in [4.69, 9.17) is 16.5 Å². The number of para-hydroxylation sites is 3. The summed E-state index contributed by atoms with van der Waals surface area (Å²) >= 11 is 0. The monoisotopic (exact) mass is 657 g/mol. The molecule has 5 heteroatoms. The number of anilines is 1. The molecule has 0 saturated carbocycles. The summed E-state index contributed by atoms with van der Waals surface area (Å²) in [6.07, 6.45) is 2.88. The van der Waals surface area contributed by atoms with Gasteiger partial charge in [0.2, 0.25) is 5.96 Å². The van der Waals surface area contributed by atoms with Crippen LogP contribution >= 0.6 is 0 Å². The summed E-state index contributed by atoms with van der Waals surface area (Å²) in [5.74, 6) is 0.371. The van der Waals surface area contributed by atoms with Crippen molar-refractivity contribution in [3.8, 4) is 16.8 Å². The van der Waals surface area contributed by atoms with Crippen molar-refractivity contribution < 1.29 is 0 Å². The van der Waals surface area contributed by atoms with Gasteiger partial charge in [-0.15, -0.1) is 0 Å². The van der Waals surface area contributed by atoms with Crippen molar-refractivity contribution in [2.45, 2.75) is 6.42 Å². The Hall–Kier alpha value is -6.85. The Bertz CT molecular complexity index is 2720. The molecule has 0 amide bonds. The molecule has 2 aromatic heterocycles. The maximum Gasteiger partial charge on any atom is 0.205 e. The van der Waals surface area contributed by atoms with Crippen molar-refractivity contribution in [3.63, 3.8) is 0 Å². The highest BCUT2D eigenvalue weighted by Gasteiger charge is 2.23. The average molecular weight is 658 g/mol. The Morgan fingerprint density at radius 1 is 0.569 bits per heavy atom. The van der Waals surface area contributed by atoms with E-state index in [1.807, 2.05) is 36.4 Å². The molecule has 9 rings (SSSR count). The number of aliphatic imine (C=N–C) groups is 1. The smallest absolute Gasteiger partial charge is 0.205 e. The third kappa shape index (κ3) is 5.15. The van der Waals surface area contributed by atoms with Crippen LogP contribution in [0.5, 0.6) is 0 Å². The second-order valence-corrected chi connectivity index (χ2v) is 12.8. The molecule has 0 fully saturated rings. The minimum Gasteiger partial charge on any atom is -0.398 e. The number of nitrogen functional groups attached to an aromatic ring is 1. The highest BCUT2D eigenvalue weighted by Crippen LogP contribution is 2.43. The van der Waals surface area contributed by atoms with Crippen molar-refractivity contribution in [1.29, 1.82) is 0 Å². The molecule has 0 radical (unpaired) electrons. The summed E-state index contributed by atoms with van der Waals surface area (Å²) in [6, 6.07) is 58.7. The van der Waals surface area contributed by atoms with Crippen LogP contribution in [0.4, 0.5) is 5.69 Å². The van der Waals surface area contributed by atoms with Gasteiger partial charge in [-0.2, -0.15) is 0 Å². The molecule has 2 heterocycles. The molecule has 7 aromatic carbocycles. The average Bonchev–Trinajstić information content (AvgIpc) is 3.71. The van der Waals surface area contributed by atoms with Crippen molar-refractivity contribution >= 4 is 61.0 Å². The summed E-state index contributed by atoms with van der Waals surface area (Å²) in [4.78, 5) is 5.25. The minimum atomic E-state index is 0.371. The fraction of sp³-hybridized carbons (Fsp3) is 0.0217. The lowest BCUT2D eigenvalue weighted by Crippen LogP contribution is -2.23. The molecule has 4 N–H and O–H groups in total. The van der Waals surface area contributed by atoms with E-state index in [-0.39, 0.29) is 0 Å². The summed E-state index contributed by atoms with van der Waals surface area (Å²) in [5.41, 5.74) is 25.0. The maximum atomic E-state index is 7.28. The predicted octanol–water partition coefficient (Wildman–Crippen LogP) is 10.6. The van der Waals surface area contributed by atoms with Gasteiger partial charge < -0.3 is 16.0 Å². The van der Waals surface area contributed by atoms with E-state index in [1.165, 1.54) is 16.3 Å². The van der Waals surface area contributed by atoms with Gasteiger partial charge in [-0.1, -0.05) is 146 Å². The van der Waals surface area contributed by atoms with Gasteiger partial charge in [-0.3, -0.25) is 4.57 Å². The highest BCUT2D eigenvalue weighted by atomic mass is 15.2. The Kier molecular flexibility index (Phi) is 7.44. The molecular weight excluding hydrogens is 623 g/mol. The molecule has 51 heavy (non-hydrogen) atoms. The molecule has 0 unspecified atom stereocenters. The van der Waals surface area contributed by atoms with Gasteiger partial charge in [0.05, 0.1) is 33.5 Å². The molecule has 0 aliphatic rings. The Balaban J connectivity index is 1.39. The minimum absolute atomic E-state index is 0.371. The van der Waals surface area contributed by atoms with Gasteiger partial charge in [0, 0.05) is 32.8 Å². The Morgan fingerprint density at radius 3 is 1.84 bits per heavy atom. The standard InChI is InChI=1S/C46H35N5/c47-37-28-30-41-44(43(37)33-19-8-3-9-20-33)36-23-14-26-42(50-39-24-12-10-21-34(39)35-22-11-13-25-40(35)50)45(36)51(41)46(48)49-38(32-17-6-2-7-18-32)29-27-31-15-4-1-5-16-31/h1-26,28-30H,27,47H2,(H2,48,49)/b38-29-. The highest BCUT2D eigenvalue weighted by molar-refractivity contribution is 6.23. The van der Waals surface area contributed by atoms with Crippen LogP contribution in [0.15, 0.2) is 181 Å². The number of allylic oxidation sites excluding steroid dienone is 1. The fourth-order valence-electron chi connectivity index (χ4n) is 7.51. The summed E-state index contributed by atoms with van der Waals surface area (Å²) in [7, 11) is 0. The largest absolute Gasteiger partial charge is 0.398 e. The third-order valence-corrected chi connectivity index (χ3v) is 9.76. The number of rotatable bonds is 6. The third-order valence-electron chi connectivity index (χ3n) is 9.76. The zero-order valence-corrected chi connectivity index (χ0v) is 27.9. The molecule has 5 nitrogen and oxygen atoms in total. The lowest BCUT2D eigenvalue weighted by atomic mass is 9.97. The van der Waals surface area contributed by atoms with Crippen LogP contribution in [0.3, 0.4) is 0 Å². The van der Waals surface area contributed by atoms with Gasteiger partial charge in [0.15, 0.2) is 0 Å². The van der Waals surface area contributed by atoms with Crippen LogP contribution in [0.1, 0.15) is 11.1 Å². The van der Waals surface area contributed by atoms with Crippen LogP contribution in [0.25, 0.3) is 66.1 Å². The normalized spacial score (nSPS) is 12.4. The summed E-state index contributed by atoms with van der Waals surface area (Å²) in [5, 5.41) is 4.47. The van der Waals surface area contributed by atoms with E-state index < -0.39 is 0 Å². The zero-order chi connectivity index (χ0) is 34.3. The zero-order valence-electron chi connectivity index (χ0n) is 27.9. The van der Waals surface area contributed by atoms with Crippen molar-refractivity contribution in [2.75, 3.05) is 5.73 Å². The van der Waals surface area contributed by atoms with Crippen molar-refractivity contribution in [2.24, 2.45) is 10.7 Å². The molecule has 0 saturated heterocycles. The molecule has 244 valence electrons. The van der Waals surface area contributed by atoms with Crippen molar-refractivity contribution in [3.05, 3.63) is 187 Å². The van der Waals surface area contributed by atoms with E-state index in [0.29, 0.717) is 11.6 Å². The number of benzene rings is 7. The van der Waals surface area contributed by atoms with Crippen LogP contribution in [-0.2, 0) is 6.42 Å². The maximum absolute atomic E-state index is 7.28. The first-order valence-corrected chi connectivity index (χ1v) is 17.2. The summed E-state index contributed by atoms with van der Waals surface area (Å²) in [6.45, 7) is 0. The quantitative estimate of drug-likeness (QED) is 0.106. The number of nitrogens with zero attached hydrogens (tertiary/aromatic N) is 3. The van der Waals surface area contributed by atoms with Gasteiger partial charge in [-0.25, -0.2) is 4.99 Å². The van der Waals surface area contributed by atoms with E-state index in [9.17, 15) is 0 Å². The van der Waals surface area contributed by atoms with E-state index in [0.717, 1.165) is 67.3 Å². The second-order valence-electron chi connectivity index (χ2n) is 12.8. The number of aromatic nitrogens is 2. The fourth-order valence-corrected chi connectivity index (χ4v) is 7.51. The first kappa shape index (κ1) is 30.2. The second kappa shape index (κ2) is 12.6. The molecular formula is C46H35N5. The molecule has 0 spiro atoms.